The fourth-order valence-corrected chi connectivity index (χ4v) is 5.22. The molecule has 2 N–H and O–H groups in total. The van der Waals surface area contributed by atoms with Crippen molar-refractivity contribution in [3.8, 4) is 23.0 Å². The summed E-state index contributed by atoms with van der Waals surface area (Å²) >= 11 is 0. The van der Waals surface area contributed by atoms with Crippen LogP contribution >= 0.6 is 0 Å². The molecule has 1 aliphatic rings. The monoisotopic (exact) mass is 473 g/mol. The van der Waals surface area contributed by atoms with E-state index in [4.69, 9.17) is 14.7 Å². The molecule has 0 bridgehead atoms. The highest BCUT2D eigenvalue weighted by atomic mass is 32.2. The Morgan fingerprint density at radius 1 is 1.33 bits per heavy atom. The molecule has 0 atom stereocenters. The highest BCUT2D eigenvalue weighted by molar-refractivity contribution is 7.89. The lowest BCUT2D eigenvalue weighted by Crippen LogP contribution is -2.29. The third-order valence-electron chi connectivity index (χ3n) is 5.95. The number of sulfonamides is 1. The van der Waals surface area contributed by atoms with Gasteiger partial charge < -0.3 is 9.63 Å². The number of aryl methyl sites for hydroxylation is 2. The lowest BCUT2D eigenvalue weighted by Gasteiger charge is -2.30. The van der Waals surface area contributed by atoms with E-state index in [2.05, 4.69) is 30.9 Å². The van der Waals surface area contributed by atoms with Gasteiger partial charge in [0, 0.05) is 23.4 Å². The van der Waals surface area contributed by atoms with Crippen molar-refractivity contribution >= 4 is 16.0 Å². The molecule has 0 aliphatic heterocycles. The molecule has 0 saturated carbocycles. The van der Waals surface area contributed by atoms with Gasteiger partial charge in [0.15, 0.2) is 5.69 Å². The number of carboxylic acid groups (broad SMARTS) is 1. The Labute approximate surface area is 192 Å². The zero-order valence-corrected chi connectivity index (χ0v) is 19.9. The summed E-state index contributed by atoms with van der Waals surface area (Å²) in [5.41, 5.74) is 4.51. The van der Waals surface area contributed by atoms with Gasteiger partial charge in [-0.05, 0) is 62.3 Å². The van der Waals surface area contributed by atoms with Crippen molar-refractivity contribution < 1.29 is 22.8 Å². The molecule has 176 valence electrons. The first-order valence-electron chi connectivity index (χ1n) is 10.8. The van der Waals surface area contributed by atoms with Crippen LogP contribution < -0.4 is 4.72 Å². The third kappa shape index (κ3) is 4.55. The number of rotatable bonds is 7. The summed E-state index contributed by atoms with van der Waals surface area (Å²) in [6.45, 7) is 8.38. The van der Waals surface area contributed by atoms with E-state index in [1.165, 1.54) is 17.8 Å². The highest BCUT2D eigenvalue weighted by Crippen LogP contribution is 2.39. The summed E-state index contributed by atoms with van der Waals surface area (Å²) in [5.74, 6) is -0.587. The summed E-state index contributed by atoms with van der Waals surface area (Å²) in [6, 6.07) is 4.42. The van der Waals surface area contributed by atoms with Crippen LogP contribution in [0.2, 0.25) is 0 Å². The van der Waals surface area contributed by atoms with Crippen LogP contribution in [0.5, 0.6) is 0 Å². The number of hydrogen-bond donors (Lipinski definition) is 2. The predicted octanol–water partition coefficient (Wildman–Crippen LogP) is 2.81. The van der Waals surface area contributed by atoms with Crippen molar-refractivity contribution in [2.24, 2.45) is 5.41 Å². The van der Waals surface area contributed by atoms with E-state index in [-0.39, 0.29) is 10.3 Å². The first-order valence-corrected chi connectivity index (χ1v) is 12.2. The molecule has 10 nitrogen and oxygen atoms in total. The molecule has 11 heteroatoms. The van der Waals surface area contributed by atoms with E-state index in [9.17, 15) is 13.2 Å². The molecule has 0 saturated heterocycles. The normalized spacial score (nSPS) is 15.4. The second kappa shape index (κ2) is 8.38. The van der Waals surface area contributed by atoms with E-state index >= 15 is 0 Å². The van der Waals surface area contributed by atoms with Crippen molar-refractivity contribution in [3.05, 3.63) is 35.0 Å². The maximum atomic E-state index is 12.3. The molecule has 1 aliphatic carbocycles. The van der Waals surface area contributed by atoms with Gasteiger partial charge in [-0.2, -0.15) is 14.8 Å². The Bertz CT molecular complexity index is 1320. The van der Waals surface area contributed by atoms with E-state index in [0.29, 0.717) is 28.5 Å². The summed E-state index contributed by atoms with van der Waals surface area (Å²) in [4.78, 5) is 15.2. The van der Waals surface area contributed by atoms with Gasteiger partial charge in [-0.25, -0.2) is 8.42 Å². The zero-order valence-electron chi connectivity index (χ0n) is 19.0. The number of carbonyl (C=O) groups is 1. The fourth-order valence-electron chi connectivity index (χ4n) is 4.16. The average Bonchev–Trinajstić information content (AvgIpc) is 3.36. The standard InChI is InChI=1S/C22H27N5O5S/c1-5-27-17-11-22(3,4)9-8-16(17)19(25-27)21-24-20(26-32-21)15-7-6-14(10-13(15)2)33(30,31)23-12-18(28)29/h6-7,10,23H,5,8-9,11-12H2,1-4H3,(H,28,29). The smallest absolute Gasteiger partial charge is 0.318 e. The largest absolute Gasteiger partial charge is 0.480 e. The SMILES string of the molecule is CCn1nc(-c2nc(-c3ccc(S(=O)(=O)NCC(=O)O)cc3C)no2)c2c1CC(C)(C)CC2. The minimum absolute atomic E-state index is 0.0351. The number of fused-ring (bicyclic) bond motifs is 1. The van der Waals surface area contributed by atoms with E-state index in [1.807, 2.05) is 9.40 Å². The maximum absolute atomic E-state index is 12.3. The Morgan fingerprint density at radius 2 is 2.09 bits per heavy atom. The number of nitrogens with zero attached hydrogens (tertiary/aromatic N) is 4. The first kappa shape index (κ1) is 23.1. The van der Waals surface area contributed by atoms with Crippen molar-refractivity contribution in [2.45, 2.75) is 58.4 Å². The molecular formula is C22H27N5O5S. The molecule has 0 radical (unpaired) electrons. The van der Waals surface area contributed by atoms with Gasteiger partial charge in [0.05, 0.1) is 4.90 Å². The van der Waals surface area contributed by atoms with Gasteiger partial charge in [0.1, 0.15) is 6.54 Å². The van der Waals surface area contributed by atoms with Crippen LogP contribution in [-0.4, -0.2) is 46.0 Å². The van der Waals surface area contributed by atoms with E-state index < -0.39 is 22.5 Å². The summed E-state index contributed by atoms with van der Waals surface area (Å²) < 4.78 is 34.2. The number of carboxylic acids is 1. The van der Waals surface area contributed by atoms with Crippen LogP contribution in [0.15, 0.2) is 27.6 Å². The lowest BCUT2D eigenvalue weighted by molar-refractivity contribution is -0.135. The minimum Gasteiger partial charge on any atom is -0.480 e. The number of nitrogens with one attached hydrogen (secondary N) is 1. The second-order valence-corrected chi connectivity index (χ2v) is 10.8. The molecule has 4 rings (SSSR count). The second-order valence-electron chi connectivity index (χ2n) is 9.05. The number of aliphatic carboxylic acids is 1. The molecule has 2 heterocycles. The maximum Gasteiger partial charge on any atom is 0.318 e. The van der Waals surface area contributed by atoms with Gasteiger partial charge >= 0.3 is 5.97 Å². The van der Waals surface area contributed by atoms with Crippen molar-refractivity contribution in [3.63, 3.8) is 0 Å². The number of hydrogen-bond acceptors (Lipinski definition) is 7. The molecular weight excluding hydrogens is 446 g/mol. The molecule has 1 aromatic carbocycles. The van der Waals surface area contributed by atoms with Crippen LogP contribution in [0.3, 0.4) is 0 Å². The first-order chi connectivity index (χ1) is 15.5. The van der Waals surface area contributed by atoms with Gasteiger partial charge in [-0.1, -0.05) is 19.0 Å². The molecule has 33 heavy (non-hydrogen) atoms. The molecule has 0 unspecified atom stereocenters. The molecule has 0 fully saturated rings. The van der Waals surface area contributed by atoms with Gasteiger partial charge in [0.25, 0.3) is 5.89 Å². The van der Waals surface area contributed by atoms with Crippen molar-refractivity contribution in [1.29, 1.82) is 0 Å². The molecule has 0 amide bonds. The summed E-state index contributed by atoms with van der Waals surface area (Å²) in [5, 5.41) is 17.6. The van der Waals surface area contributed by atoms with E-state index in [1.54, 1.807) is 13.0 Å². The van der Waals surface area contributed by atoms with Crippen LogP contribution in [0.4, 0.5) is 0 Å². The average molecular weight is 474 g/mol. The summed E-state index contributed by atoms with van der Waals surface area (Å²) in [6.07, 6.45) is 2.88. The van der Waals surface area contributed by atoms with Crippen molar-refractivity contribution in [1.82, 2.24) is 24.6 Å². The van der Waals surface area contributed by atoms with Gasteiger partial charge in [-0.15, -0.1) is 0 Å². The number of aromatic nitrogens is 4. The Balaban J connectivity index is 1.65. The molecule has 3 aromatic rings. The fraction of sp³-hybridized carbons (Fsp3) is 0.455. The van der Waals surface area contributed by atoms with Crippen LogP contribution in [-0.2, 0) is 34.2 Å². The Morgan fingerprint density at radius 3 is 2.76 bits per heavy atom. The van der Waals surface area contributed by atoms with Gasteiger partial charge in [-0.3, -0.25) is 9.48 Å². The quantitative estimate of drug-likeness (QED) is 0.534. The van der Waals surface area contributed by atoms with E-state index in [0.717, 1.165) is 31.4 Å². The molecule has 2 aromatic heterocycles. The van der Waals surface area contributed by atoms with Gasteiger partial charge in [0.2, 0.25) is 15.8 Å². The number of benzene rings is 1. The Kier molecular flexibility index (Phi) is 5.87. The predicted molar refractivity (Wildman–Crippen MR) is 120 cm³/mol. The highest BCUT2D eigenvalue weighted by Gasteiger charge is 2.32. The third-order valence-corrected chi connectivity index (χ3v) is 7.35. The molecule has 0 spiro atoms. The van der Waals surface area contributed by atoms with Crippen LogP contribution in [0, 0.1) is 12.3 Å². The Hall–Kier alpha value is -3.05. The summed E-state index contributed by atoms with van der Waals surface area (Å²) in [7, 11) is -3.94. The topological polar surface area (TPSA) is 140 Å². The van der Waals surface area contributed by atoms with Crippen LogP contribution in [0.25, 0.3) is 23.0 Å². The van der Waals surface area contributed by atoms with Crippen molar-refractivity contribution in [2.75, 3.05) is 6.54 Å². The zero-order chi connectivity index (χ0) is 24.0. The lowest BCUT2D eigenvalue weighted by atomic mass is 9.76. The van der Waals surface area contributed by atoms with Crippen LogP contribution in [0.1, 0.15) is 44.0 Å². The minimum atomic E-state index is -3.94.